The van der Waals surface area contributed by atoms with Crippen LogP contribution in [-0.4, -0.2) is 21.6 Å². The molecule has 1 amide bonds. The maximum Gasteiger partial charge on any atom is 0.433 e. The van der Waals surface area contributed by atoms with Gasteiger partial charge in [-0.15, -0.1) is 0 Å². The van der Waals surface area contributed by atoms with Crippen LogP contribution in [0.4, 0.5) is 5.88 Å². The average molecular weight is 326 g/mol. The van der Waals surface area contributed by atoms with Crippen LogP contribution in [0, 0.1) is 21.0 Å². The minimum absolute atomic E-state index is 0.166. The van der Waals surface area contributed by atoms with Crippen LogP contribution in [0.25, 0.3) is 0 Å². The van der Waals surface area contributed by atoms with E-state index >= 15 is 0 Å². The van der Waals surface area contributed by atoms with E-state index in [-0.39, 0.29) is 11.6 Å². The van der Waals surface area contributed by atoms with E-state index in [9.17, 15) is 14.9 Å². The summed E-state index contributed by atoms with van der Waals surface area (Å²) in [7, 11) is 1.77. The summed E-state index contributed by atoms with van der Waals surface area (Å²) in [5.74, 6) is -0.624. The second-order valence-corrected chi connectivity index (χ2v) is 5.62. The highest BCUT2D eigenvalue weighted by atomic mass is 32.1. The Morgan fingerprint density at radius 2 is 2.33 bits per heavy atom. The number of hydrazone groups is 1. The third kappa shape index (κ3) is 3.23. The molecule has 2 heterocycles. The number of thiazole rings is 1. The van der Waals surface area contributed by atoms with Crippen molar-refractivity contribution in [3.63, 3.8) is 0 Å². The lowest BCUT2D eigenvalue weighted by atomic mass is 10.4. The van der Waals surface area contributed by atoms with Crippen LogP contribution in [0.3, 0.4) is 0 Å². The van der Waals surface area contributed by atoms with Crippen LogP contribution < -0.4 is 5.43 Å². The van der Waals surface area contributed by atoms with Crippen molar-refractivity contribution in [1.29, 1.82) is 0 Å². The van der Waals surface area contributed by atoms with Gasteiger partial charge in [-0.05, 0) is 25.2 Å². The Balaban J connectivity index is 2.06. The lowest BCUT2D eigenvalue weighted by Crippen LogP contribution is -2.17. The van der Waals surface area contributed by atoms with Crippen LogP contribution in [-0.2, 0) is 7.05 Å². The molecule has 21 heavy (non-hydrogen) atoms. The highest BCUT2D eigenvalue weighted by Gasteiger charge is 2.14. The van der Waals surface area contributed by atoms with E-state index in [0.717, 1.165) is 5.69 Å². The molecule has 2 rings (SSSR count). The quantitative estimate of drug-likeness (QED) is 0.402. The van der Waals surface area contributed by atoms with E-state index in [1.165, 1.54) is 29.7 Å². The summed E-state index contributed by atoms with van der Waals surface area (Å²) >= 11 is 6.26. The number of nitrogens with zero attached hydrogens (tertiary/aromatic N) is 3. The molecule has 0 fully saturated rings. The Kier molecular flexibility index (Phi) is 4.29. The number of furan rings is 1. The Morgan fingerprint density at radius 1 is 1.62 bits per heavy atom. The Labute approximate surface area is 127 Å². The van der Waals surface area contributed by atoms with Crippen molar-refractivity contribution in [2.75, 3.05) is 0 Å². The van der Waals surface area contributed by atoms with E-state index in [1.54, 1.807) is 18.5 Å². The highest BCUT2D eigenvalue weighted by molar-refractivity contribution is 7.73. The third-order valence-corrected chi connectivity index (χ3v) is 4.31. The number of nitro groups is 1. The standard InChI is InChI=1S/C11H10N4O4S2/c1-6-9(21-11(20)14(6)2)10(16)13-12-5-7-3-4-8(19-7)15(17)18/h3-5H,1-2H3,(H,13,16)/b12-5+. The summed E-state index contributed by atoms with van der Waals surface area (Å²) in [6, 6.07) is 2.58. The Bertz CT molecular complexity index is 786. The molecule has 0 aromatic carbocycles. The predicted molar refractivity (Wildman–Crippen MR) is 79.3 cm³/mol. The fourth-order valence-corrected chi connectivity index (χ4v) is 2.70. The van der Waals surface area contributed by atoms with Crippen LogP contribution in [0.1, 0.15) is 21.1 Å². The monoisotopic (exact) mass is 326 g/mol. The molecular formula is C11H10N4O4S2. The number of rotatable bonds is 4. The van der Waals surface area contributed by atoms with Crippen LogP contribution in [0.15, 0.2) is 21.7 Å². The minimum Gasteiger partial charge on any atom is -0.400 e. The molecule has 0 unspecified atom stereocenters. The summed E-state index contributed by atoms with van der Waals surface area (Å²) in [5, 5.41) is 14.1. The molecule has 0 atom stereocenters. The van der Waals surface area contributed by atoms with Gasteiger partial charge in [0.15, 0.2) is 9.71 Å². The number of carbonyl (C=O) groups is 1. The summed E-state index contributed by atoms with van der Waals surface area (Å²) in [5.41, 5.74) is 3.06. The van der Waals surface area contributed by atoms with E-state index in [2.05, 4.69) is 10.5 Å². The average Bonchev–Trinajstić information content (AvgIpc) is 3.00. The zero-order valence-electron chi connectivity index (χ0n) is 11.0. The molecule has 2 aromatic heterocycles. The van der Waals surface area contributed by atoms with Crippen molar-refractivity contribution in [2.45, 2.75) is 6.92 Å². The van der Waals surface area contributed by atoms with E-state index in [0.29, 0.717) is 8.83 Å². The molecule has 10 heteroatoms. The highest BCUT2D eigenvalue weighted by Crippen LogP contribution is 2.17. The number of nitrogens with one attached hydrogen (secondary N) is 1. The van der Waals surface area contributed by atoms with Crippen molar-refractivity contribution < 1.29 is 14.1 Å². The van der Waals surface area contributed by atoms with Gasteiger partial charge in [0.05, 0.1) is 12.3 Å². The number of hydrogen-bond acceptors (Lipinski definition) is 7. The van der Waals surface area contributed by atoms with Gasteiger partial charge < -0.3 is 8.98 Å². The normalized spacial score (nSPS) is 11.0. The smallest absolute Gasteiger partial charge is 0.400 e. The van der Waals surface area contributed by atoms with E-state index in [1.807, 2.05) is 0 Å². The first-order valence-corrected chi connectivity index (χ1v) is 6.86. The lowest BCUT2D eigenvalue weighted by Gasteiger charge is -1.98. The maximum absolute atomic E-state index is 11.9. The first kappa shape index (κ1) is 15.1. The van der Waals surface area contributed by atoms with Crippen molar-refractivity contribution in [1.82, 2.24) is 9.99 Å². The van der Waals surface area contributed by atoms with Crippen LogP contribution in [0.5, 0.6) is 0 Å². The fraction of sp³-hybridized carbons (Fsp3) is 0.182. The van der Waals surface area contributed by atoms with Crippen molar-refractivity contribution in [3.05, 3.63) is 42.5 Å². The third-order valence-electron chi connectivity index (χ3n) is 2.65. The van der Waals surface area contributed by atoms with Gasteiger partial charge in [0.1, 0.15) is 9.80 Å². The molecule has 0 aliphatic rings. The summed E-state index contributed by atoms with van der Waals surface area (Å²) in [4.78, 5) is 22.2. The van der Waals surface area contributed by atoms with Gasteiger partial charge in [-0.2, -0.15) is 5.10 Å². The van der Waals surface area contributed by atoms with Crippen molar-refractivity contribution >= 4 is 41.6 Å². The Hall–Kier alpha value is -2.33. The van der Waals surface area contributed by atoms with Gasteiger partial charge >= 0.3 is 5.88 Å². The molecule has 110 valence electrons. The van der Waals surface area contributed by atoms with E-state index < -0.39 is 10.8 Å². The molecule has 0 aliphatic heterocycles. The predicted octanol–water partition coefficient (Wildman–Crippen LogP) is 2.39. The van der Waals surface area contributed by atoms with Crippen molar-refractivity contribution in [3.8, 4) is 0 Å². The van der Waals surface area contributed by atoms with Crippen LogP contribution >= 0.6 is 23.6 Å². The number of hydrogen-bond donors (Lipinski definition) is 1. The lowest BCUT2D eigenvalue weighted by molar-refractivity contribution is -0.402. The largest absolute Gasteiger partial charge is 0.433 e. The minimum atomic E-state index is -0.657. The molecule has 0 bridgehead atoms. The van der Waals surface area contributed by atoms with Gasteiger partial charge in [0.2, 0.25) is 0 Å². The molecule has 0 radical (unpaired) electrons. The second-order valence-electron chi connectivity index (χ2n) is 3.97. The van der Waals surface area contributed by atoms with Gasteiger partial charge in [0.25, 0.3) is 5.91 Å². The summed E-state index contributed by atoms with van der Waals surface area (Å²) in [6.45, 7) is 1.78. The summed E-state index contributed by atoms with van der Waals surface area (Å²) in [6.07, 6.45) is 1.18. The van der Waals surface area contributed by atoms with Gasteiger partial charge in [0, 0.05) is 12.7 Å². The topological polar surface area (TPSA) is 103 Å². The van der Waals surface area contributed by atoms with Gasteiger partial charge in [-0.1, -0.05) is 11.3 Å². The fourth-order valence-electron chi connectivity index (χ4n) is 1.44. The second kappa shape index (κ2) is 5.97. The van der Waals surface area contributed by atoms with E-state index in [4.69, 9.17) is 16.6 Å². The molecule has 1 N–H and O–H groups in total. The number of carbonyl (C=O) groups excluding carboxylic acids is 1. The first-order chi connectivity index (χ1) is 9.90. The van der Waals surface area contributed by atoms with Gasteiger partial charge in [-0.3, -0.25) is 14.9 Å². The zero-order valence-corrected chi connectivity index (χ0v) is 12.7. The molecule has 0 aliphatic carbocycles. The SMILES string of the molecule is Cc1c(C(=O)N/N=C/c2ccc([N+](=O)[O-])o2)sc(=S)n1C. The zero-order chi connectivity index (χ0) is 15.6. The molecule has 0 saturated carbocycles. The maximum atomic E-state index is 11.9. The molecule has 0 spiro atoms. The Morgan fingerprint density at radius 3 is 2.86 bits per heavy atom. The number of amides is 1. The van der Waals surface area contributed by atoms with Crippen LogP contribution in [0.2, 0.25) is 0 Å². The van der Waals surface area contributed by atoms with Crippen molar-refractivity contribution in [2.24, 2.45) is 12.1 Å². The molecule has 2 aromatic rings. The number of aromatic nitrogens is 1. The molecule has 8 nitrogen and oxygen atoms in total. The molecular weight excluding hydrogens is 316 g/mol. The first-order valence-electron chi connectivity index (χ1n) is 5.64. The van der Waals surface area contributed by atoms with Gasteiger partial charge in [-0.25, -0.2) is 5.43 Å². The summed E-state index contributed by atoms with van der Waals surface area (Å²) < 4.78 is 7.18. The molecule has 0 saturated heterocycles.